The van der Waals surface area contributed by atoms with Gasteiger partial charge in [-0.15, -0.1) is 0 Å². The van der Waals surface area contributed by atoms with Gasteiger partial charge >= 0.3 is 6.03 Å². The van der Waals surface area contributed by atoms with Crippen LogP contribution in [0.2, 0.25) is 0 Å². The summed E-state index contributed by atoms with van der Waals surface area (Å²) in [5.41, 5.74) is 4.82. The molecule has 5 aromatic rings. The number of nitrogens with zero attached hydrogens (tertiary/aromatic N) is 4. The molecule has 1 aliphatic carbocycles. The zero-order valence-electron chi connectivity index (χ0n) is 21.0. The van der Waals surface area contributed by atoms with Gasteiger partial charge in [0.05, 0.1) is 28.6 Å². The topological polar surface area (TPSA) is 122 Å². The number of phenols is 1. The predicted molar refractivity (Wildman–Crippen MR) is 148 cm³/mol. The lowest BCUT2D eigenvalue weighted by Crippen LogP contribution is -2.32. The molecule has 6 rings (SSSR count). The molecule has 0 unspecified atom stereocenters. The Morgan fingerprint density at radius 3 is 2.49 bits per heavy atom. The fraction of sp³-hybridized carbons (Fsp3) is 0.167. The zero-order valence-corrected chi connectivity index (χ0v) is 21.0. The summed E-state index contributed by atoms with van der Waals surface area (Å²) in [6.45, 7) is 0.489. The normalized spacial score (nSPS) is 12.8. The predicted octanol–water partition coefficient (Wildman–Crippen LogP) is 5.13. The van der Waals surface area contributed by atoms with Crippen molar-refractivity contribution in [3.63, 3.8) is 0 Å². The van der Waals surface area contributed by atoms with Gasteiger partial charge in [0, 0.05) is 29.8 Å². The minimum atomic E-state index is -0.437. The molecule has 9 nitrogen and oxygen atoms in total. The number of carbonyl (C=O) groups is 2. The number of nitrogens with one attached hydrogen (secondary N) is 2. The van der Waals surface area contributed by atoms with Gasteiger partial charge in [0.1, 0.15) is 11.4 Å². The van der Waals surface area contributed by atoms with Crippen LogP contribution in [-0.4, -0.2) is 43.3 Å². The number of phenolic OH excluding ortho intramolecular Hbond substituents is 1. The van der Waals surface area contributed by atoms with Gasteiger partial charge in [-0.3, -0.25) is 9.78 Å². The molecule has 194 valence electrons. The molecule has 3 aromatic carbocycles. The molecule has 0 bridgehead atoms. The highest BCUT2D eigenvalue weighted by Crippen LogP contribution is 2.42. The second kappa shape index (κ2) is 10.4. The van der Waals surface area contributed by atoms with Gasteiger partial charge in [0.15, 0.2) is 0 Å². The summed E-state index contributed by atoms with van der Waals surface area (Å²) in [7, 11) is 0. The van der Waals surface area contributed by atoms with Crippen LogP contribution in [0, 0.1) is 0 Å². The van der Waals surface area contributed by atoms with E-state index in [0.717, 1.165) is 30.5 Å². The van der Waals surface area contributed by atoms with E-state index in [4.69, 9.17) is 0 Å². The van der Waals surface area contributed by atoms with Crippen LogP contribution in [0.25, 0.3) is 22.3 Å². The number of aromatic hydroxyl groups is 1. The van der Waals surface area contributed by atoms with E-state index in [2.05, 4.69) is 25.7 Å². The third-order valence-corrected chi connectivity index (χ3v) is 6.67. The molecule has 0 radical (unpaired) electrons. The molecule has 2 aromatic heterocycles. The number of amides is 2. The van der Waals surface area contributed by atoms with E-state index >= 15 is 0 Å². The number of para-hydroxylation sites is 2. The van der Waals surface area contributed by atoms with Crippen molar-refractivity contribution in [2.24, 2.45) is 0 Å². The third-order valence-electron chi connectivity index (χ3n) is 6.67. The Balaban J connectivity index is 1.17. The van der Waals surface area contributed by atoms with Gasteiger partial charge in [-0.2, -0.15) is 9.78 Å². The molecular weight excluding hydrogens is 492 g/mol. The van der Waals surface area contributed by atoms with Gasteiger partial charge in [-0.1, -0.05) is 42.5 Å². The Bertz CT molecular complexity index is 1680. The Morgan fingerprint density at radius 2 is 1.72 bits per heavy atom. The maximum Gasteiger partial charge on any atom is 0.342 e. The fourth-order valence-corrected chi connectivity index (χ4v) is 4.48. The number of carbonyl (C=O) groups excluding carboxylic acids is 2. The molecule has 2 amide bonds. The highest BCUT2D eigenvalue weighted by molar-refractivity contribution is 6.03. The first-order valence-electron chi connectivity index (χ1n) is 12.8. The number of hydrogen-bond donors (Lipinski definition) is 3. The second-order valence-electron chi connectivity index (χ2n) is 9.54. The van der Waals surface area contributed by atoms with Crippen molar-refractivity contribution in [2.45, 2.75) is 25.2 Å². The maximum atomic E-state index is 13.0. The molecular formula is C30H26N6O3. The van der Waals surface area contributed by atoms with Crippen LogP contribution in [0.1, 0.15) is 40.5 Å². The maximum absolute atomic E-state index is 13.0. The quantitative estimate of drug-likeness (QED) is 0.275. The molecule has 9 heteroatoms. The lowest BCUT2D eigenvalue weighted by molar-refractivity contribution is 0.102. The first-order chi connectivity index (χ1) is 19.0. The number of benzene rings is 3. The number of fused-ring (bicyclic) bond motifs is 1. The van der Waals surface area contributed by atoms with E-state index in [1.807, 2.05) is 54.6 Å². The van der Waals surface area contributed by atoms with Crippen LogP contribution in [0.15, 0.2) is 85.1 Å². The van der Waals surface area contributed by atoms with Gasteiger partial charge in [-0.05, 0) is 55.2 Å². The Hall–Kier alpha value is -5.05. The van der Waals surface area contributed by atoms with Crippen molar-refractivity contribution in [1.29, 1.82) is 0 Å². The molecule has 3 N–H and O–H groups in total. The molecule has 2 heterocycles. The van der Waals surface area contributed by atoms with E-state index in [9.17, 15) is 14.7 Å². The summed E-state index contributed by atoms with van der Waals surface area (Å²) >= 11 is 0. The average Bonchev–Trinajstić information content (AvgIpc) is 3.71. The van der Waals surface area contributed by atoms with Gasteiger partial charge in [0.25, 0.3) is 5.91 Å². The van der Waals surface area contributed by atoms with E-state index < -0.39 is 5.91 Å². The Labute approximate surface area is 224 Å². The second-order valence-corrected chi connectivity index (χ2v) is 9.54. The first-order valence-corrected chi connectivity index (χ1v) is 12.8. The van der Waals surface area contributed by atoms with Crippen molar-refractivity contribution in [1.82, 2.24) is 25.1 Å². The van der Waals surface area contributed by atoms with E-state index in [-0.39, 0.29) is 23.4 Å². The first kappa shape index (κ1) is 24.3. The zero-order chi connectivity index (χ0) is 26.8. The summed E-state index contributed by atoms with van der Waals surface area (Å²) in [5.74, 6) is -0.225. The van der Waals surface area contributed by atoms with E-state index in [0.29, 0.717) is 34.5 Å². The van der Waals surface area contributed by atoms with E-state index in [1.54, 1.807) is 18.2 Å². The van der Waals surface area contributed by atoms with Gasteiger partial charge in [-0.25, -0.2) is 9.78 Å². The third kappa shape index (κ3) is 5.33. The van der Waals surface area contributed by atoms with Crippen LogP contribution in [0.4, 0.5) is 10.5 Å². The van der Waals surface area contributed by atoms with Crippen LogP contribution in [0.5, 0.6) is 5.75 Å². The lowest BCUT2D eigenvalue weighted by atomic mass is 10.1. The Morgan fingerprint density at radius 1 is 0.949 bits per heavy atom. The van der Waals surface area contributed by atoms with Crippen molar-refractivity contribution < 1.29 is 14.7 Å². The summed E-state index contributed by atoms with van der Waals surface area (Å²) < 4.78 is 1.41. The molecule has 0 saturated heterocycles. The summed E-state index contributed by atoms with van der Waals surface area (Å²) in [4.78, 5) is 34.4. The van der Waals surface area contributed by atoms with Crippen LogP contribution in [0.3, 0.4) is 0 Å². The highest BCUT2D eigenvalue weighted by Gasteiger charge is 2.30. The molecule has 0 atom stereocenters. The lowest BCUT2D eigenvalue weighted by Gasteiger charge is -2.08. The monoisotopic (exact) mass is 518 g/mol. The van der Waals surface area contributed by atoms with Crippen LogP contribution < -0.4 is 10.6 Å². The minimum Gasteiger partial charge on any atom is -0.507 e. The standard InChI is InChI=1S/C30H26N6O3/c37-28-16-21(33-29(38)26-18-32-23-8-4-5-9-24(23)34-26)12-13-22(28)25-17-27(20-10-11-20)36(35-25)30(39)31-15-14-19-6-2-1-3-7-19/h1-9,12-13,16-18,20,37H,10-11,14-15H2,(H,31,39)(H,33,38). The van der Waals surface area contributed by atoms with E-state index in [1.165, 1.54) is 16.9 Å². The van der Waals surface area contributed by atoms with Gasteiger partial charge < -0.3 is 15.7 Å². The SMILES string of the molecule is O=C(Nc1ccc(-c2cc(C3CC3)n(C(=O)NCCc3ccccc3)n2)c(O)c1)c1cnc2ccccc2n1. The molecule has 0 aliphatic heterocycles. The summed E-state index contributed by atoms with van der Waals surface area (Å²) in [5, 5.41) is 21.0. The van der Waals surface area contributed by atoms with Crippen molar-refractivity contribution in [3.8, 4) is 17.0 Å². The molecule has 1 saturated carbocycles. The van der Waals surface area contributed by atoms with Crippen LogP contribution >= 0.6 is 0 Å². The molecule has 0 spiro atoms. The summed E-state index contributed by atoms with van der Waals surface area (Å²) in [6.07, 6.45) is 4.13. The largest absolute Gasteiger partial charge is 0.507 e. The molecule has 39 heavy (non-hydrogen) atoms. The van der Waals surface area contributed by atoms with Crippen molar-refractivity contribution in [2.75, 3.05) is 11.9 Å². The van der Waals surface area contributed by atoms with Crippen molar-refractivity contribution >= 4 is 28.7 Å². The number of aromatic nitrogens is 4. The number of anilines is 1. The Kier molecular flexibility index (Phi) is 6.46. The fourth-order valence-electron chi connectivity index (χ4n) is 4.48. The molecule has 1 aliphatic rings. The smallest absolute Gasteiger partial charge is 0.342 e. The minimum absolute atomic E-state index is 0.0612. The number of hydrogen-bond acceptors (Lipinski definition) is 6. The van der Waals surface area contributed by atoms with Crippen LogP contribution in [-0.2, 0) is 6.42 Å². The van der Waals surface area contributed by atoms with Crippen molar-refractivity contribution in [3.05, 3.63) is 102 Å². The average molecular weight is 519 g/mol. The number of rotatable bonds is 7. The summed E-state index contributed by atoms with van der Waals surface area (Å²) in [6, 6.07) is 23.6. The molecule has 1 fully saturated rings. The van der Waals surface area contributed by atoms with Gasteiger partial charge in [0.2, 0.25) is 0 Å². The highest BCUT2D eigenvalue weighted by atomic mass is 16.3.